The summed E-state index contributed by atoms with van der Waals surface area (Å²) in [6.45, 7) is 2.73. The molecule has 0 N–H and O–H groups in total. The molecule has 3 nitrogen and oxygen atoms in total. The van der Waals surface area contributed by atoms with Crippen LogP contribution in [0.3, 0.4) is 0 Å². The largest absolute Gasteiger partial charge is 0.377 e. The third-order valence-corrected chi connectivity index (χ3v) is 3.72. The van der Waals surface area contributed by atoms with Crippen molar-refractivity contribution in [3.05, 3.63) is 16.1 Å². The molecule has 1 saturated carbocycles. The van der Waals surface area contributed by atoms with E-state index in [2.05, 4.69) is 4.98 Å². The van der Waals surface area contributed by atoms with Gasteiger partial charge in [0.1, 0.15) is 5.78 Å². The Morgan fingerprint density at radius 2 is 2.53 bits per heavy atom. The predicted octanol–water partition coefficient (Wildman–Crippen LogP) is 2.13. The fraction of sp³-hybridized carbons (Fsp3) is 0.636. The van der Waals surface area contributed by atoms with Gasteiger partial charge >= 0.3 is 0 Å². The Labute approximate surface area is 93.5 Å². The zero-order valence-electron chi connectivity index (χ0n) is 8.86. The van der Waals surface area contributed by atoms with E-state index in [9.17, 15) is 4.79 Å². The van der Waals surface area contributed by atoms with E-state index in [4.69, 9.17) is 4.74 Å². The molecule has 1 unspecified atom stereocenters. The predicted molar refractivity (Wildman–Crippen MR) is 59.2 cm³/mol. The molecule has 1 aromatic heterocycles. The standard InChI is InChI=1S/C11H15NO2S/c1-8-11(15-7-12-8)4-5-14-10-3-2-9(13)6-10/h7,10H,2-6H2,1H3. The third-order valence-electron chi connectivity index (χ3n) is 2.73. The quantitative estimate of drug-likeness (QED) is 0.788. The molecule has 0 spiro atoms. The summed E-state index contributed by atoms with van der Waals surface area (Å²) in [6.07, 6.45) is 3.30. The fourth-order valence-corrected chi connectivity index (χ4v) is 2.57. The van der Waals surface area contributed by atoms with Gasteiger partial charge in [0.05, 0.1) is 23.9 Å². The van der Waals surface area contributed by atoms with Gasteiger partial charge < -0.3 is 4.74 Å². The Kier molecular flexibility index (Phi) is 3.49. The lowest BCUT2D eigenvalue weighted by atomic mass is 10.3. The molecule has 4 heteroatoms. The zero-order valence-corrected chi connectivity index (χ0v) is 9.68. The number of rotatable bonds is 4. The highest BCUT2D eigenvalue weighted by atomic mass is 32.1. The van der Waals surface area contributed by atoms with E-state index in [1.807, 2.05) is 12.4 Å². The normalized spacial score (nSPS) is 21.1. The second-order valence-electron chi connectivity index (χ2n) is 3.89. The van der Waals surface area contributed by atoms with Crippen molar-refractivity contribution in [2.45, 2.75) is 38.7 Å². The molecule has 1 heterocycles. The Morgan fingerprint density at radius 3 is 3.13 bits per heavy atom. The van der Waals surface area contributed by atoms with Gasteiger partial charge in [-0.3, -0.25) is 4.79 Å². The van der Waals surface area contributed by atoms with E-state index in [0.29, 0.717) is 25.2 Å². The van der Waals surface area contributed by atoms with Gasteiger partial charge in [-0.05, 0) is 13.3 Å². The molecule has 2 rings (SSSR count). The molecular formula is C11H15NO2S. The molecule has 1 fully saturated rings. The summed E-state index contributed by atoms with van der Waals surface area (Å²) < 4.78 is 5.66. The molecule has 0 saturated heterocycles. The number of thiazole rings is 1. The van der Waals surface area contributed by atoms with Crippen LogP contribution in [0.1, 0.15) is 29.8 Å². The summed E-state index contributed by atoms with van der Waals surface area (Å²) in [7, 11) is 0. The maximum Gasteiger partial charge on any atom is 0.135 e. The monoisotopic (exact) mass is 225 g/mol. The Balaban J connectivity index is 1.71. The van der Waals surface area contributed by atoms with Crippen molar-refractivity contribution in [3.8, 4) is 0 Å². The van der Waals surface area contributed by atoms with Crippen LogP contribution in [0, 0.1) is 6.92 Å². The van der Waals surface area contributed by atoms with Crippen molar-refractivity contribution < 1.29 is 9.53 Å². The van der Waals surface area contributed by atoms with Crippen LogP contribution >= 0.6 is 11.3 Å². The summed E-state index contributed by atoms with van der Waals surface area (Å²) >= 11 is 1.67. The highest BCUT2D eigenvalue weighted by Gasteiger charge is 2.22. The van der Waals surface area contributed by atoms with Gasteiger partial charge in [0.2, 0.25) is 0 Å². The maximum atomic E-state index is 11.0. The zero-order chi connectivity index (χ0) is 10.7. The van der Waals surface area contributed by atoms with Crippen LogP contribution in [0.2, 0.25) is 0 Å². The minimum absolute atomic E-state index is 0.172. The lowest BCUT2D eigenvalue weighted by Crippen LogP contribution is -2.11. The van der Waals surface area contributed by atoms with Gasteiger partial charge in [-0.1, -0.05) is 0 Å². The van der Waals surface area contributed by atoms with E-state index in [1.165, 1.54) is 4.88 Å². The average Bonchev–Trinajstić information content (AvgIpc) is 2.77. The minimum Gasteiger partial charge on any atom is -0.377 e. The summed E-state index contributed by atoms with van der Waals surface area (Å²) in [5.41, 5.74) is 2.97. The molecule has 1 atom stereocenters. The molecular weight excluding hydrogens is 210 g/mol. The number of aryl methyl sites for hydroxylation is 1. The van der Waals surface area contributed by atoms with E-state index in [-0.39, 0.29) is 6.10 Å². The van der Waals surface area contributed by atoms with Gasteiger partial charge in [-0.15, -0.1) is 11.3 Å². The van der Waals surface area contributed by atoms with Crippen LogP contribution in [-0.2, 0) is 16.0 Å². The van der Waals surface area contributed by atoms with Crippen LogP contribution in [0.5, 0.6) is 0 Å². The number of aromatic nitrogens is 1. The highest BCUT2D eigenvalue weighted by molar-refractivity contribution is 7.09. The molecule has 1 aliphatic rings. The fourth-order valence-electron chi connectivity index (χ4n) is 1.81. The first kappa shape index (κ1) is 10.8. The molecule has 0 aromatic carbocycles. The average molecular weight is 225 g/mol. The number of ether oxygens (including phenoxy) is 1. The number of Topliss-reactive ketones (excluding diaryl/α,β-unsaturated/α-hetero) is 1. The van der Waals surface area contributed by atoms with Gasteiger partial charge in [0, 0.05) is 24.1 Å². The number of nitrogens with zero attached hydrogens (tertiary/aromatic N) is 1. The molecule has 1 aliphatic carbocycles. The van der Waals surface area contributed by atoms with Crippen LogP contribution in [0.25, 0.3) is 0 Å². The molecule has 0 aliphatic heterocycles. The van der Waals surface area contributed by atoms with Crippen molar-refractivity contribution in [2.75, 3.05) is 6.61 Å². The number of carbonyl (C=O) groups excluding carboxylic acids is 1. The van der Waals surface area contributed by atoms with Gasteiger partial charge in [0.25, 0.3) is 0 Å². The van der Waals surface area contributed by atoms with Crippen LogP contribution in [-0.4, -0.2) is 23.5 Å². The maximum absolute atomic E-state index is 11.0. The SMILES string of the molecule is Cc1ncsc1CCOC1CCC(=O)C1. The van der Waals surface area contributed by atoms with Crippen molar-refractivity contribution >= 4 is 17.1 Å². The van der Waals surface area contributed by atoms with Crippen molar-refractivity contribution in [1.29, 1.82) is 0 Å². The first-order valence-corrected chi connectivity index (χ1v) is 6.16. The van der Waals surface area contributed by atoms with Crippen LogP contribution in [0.15, 0.2) is 5.51 Å². The van der Waals surface area contributed by atoms with Gasteiger partial charge in [-0.2, -0.15) is 0 Å². The summed E-state index contributed by atoms with van der Waals surface area (Å²) in [6, 6.07) is 0. The summed E-state index contributed by atoms with van der Waals surface area (Å²) in [5, 5.41) is 0. The molecule has 0 radical (unpaired) electrons. The van der Waals surface area contributed by atoms with E-state index < -0.39 is 0 Å². The number of hydrogen-bond donors (Lipinski definition) is 0. The lowest BCUT2D eigenvalue weighted by molar-refractivity contribution is -0.118. The molecule has 82 valence electrons. The molecule has 0 amide bonds. The topological polar surface area (TPSA) is 39.2 Å². The minimum atomic E-state index is 0.172. The third kappa shape index (κ3) is 2.86. The van der Waals surface area contributed by atoms with E-state index >= 15 is 0 Å². The Hall–Kier alpha value is -0.740. The van der Waals surface area contributed by atoms with E-state index in [0.717, 1.165) is 18.5 Å². The molecule has 0 bridgehead atoms. The number of carbonyl (C=O) groups is 1. The second kappa shape index (κ2) is 4.86. The first-order valence-electron chi connectivity index (χ1n) is 5.28. The number of ketones is 1. The highest BCUT2D eigenvalue weighted by Crippen LogP contribution is 2.19. The van der Waals surface area contributed by atoms with E-state index in [1.54, 1.807) is 11.3 Å². The number of hydrogen-bond acceptors (Lipinski definition) is 4. The van der Waals surface area contributed by atoms with Gasteiger partial charge in [0.15, 0.2) is 0 Å². The second-order valence-corrected chi connectivity index (χ2v) is 4.82. The van der Waals surface area contributed by atoms with Crippen LogP contribution in [0.4, 0.5) is 0 Å². The first-order chi connectivity index (χ1) is 7.25. The van der Waals surface area contributed by atoms with Crippen molar-refractivity contribution in [2.24, 2.45) is 0 Å². The smallest absolute Gasteiger partial charge is 0.135 e. The lowest BCUT2D eigenvalue weighted by Gasteiger charge is -2.09. The van der Waals surface area contributed by atoms with Crippen molar-refractivity contribution in [3.63, 3.8) is 0 Å². The molecule has 15 heavy (non-hydrogen) atoms. The molecule has 1 aromatic rings. The Bertz CT molecular complexity index is 348. The van der Waals surface area contributed by atoms with Crippen molar-refractivity contribution in [1.82, 2.24) is 4.98 Å². The van der Waals surface area contributed by atoms with Crippen LogP contribution < -0.4 is 0 Å². The summed E-state index contributed by atoms with van der Waals surface area (Å²) in [4.78, 5) is 16.5. The van der Waals surface area contributed by atoms with Gasteiger partial charge in [-0.25, -0.2) is 4.98 Å². The Morgan fingerprint density at radius 1 is 1.67 bits per heavy atom. The summed E-state index contributed by atoms with van der Waals surface area (Å²) in [5.74, 6) is 0.342.